The Morgan fingerprint density at radius 1 is 0.923 bits per heavy atom. The lowest BCUT2D eigenvalue weighted by molar-refractivity contribution is -0.384. The van der Waals surface area contributed by atoms with E-state index in [-0.39, 0.29) is 23.6 Å². The van der Waals surface area contributed by atoms with Crippen LogP contribution in [0.4, 0.5) is 17.1 Å². The first-order valence-corrected chi connectivity index (χ1v) is 13.1. The van der Waals surface area contributed by atoms with Crippen molar-refractivity contribution < 1.29 is 9.72 Å². The third kappa shape index (κ3) is 5.27. The second kappa shape index (κ2) is 10.7. The molecule has 39 heavy (non-hydrogen) atoms. The second-order valence-corrected chi connectivity index (χ2v) is 10.5. The Morgan fingerprint density at radius 2 is 1.51 bits per heavy atom. The maximum absolute atomic E-state index is 13.8. The first kappa shape index (κ1) is 26.2. The van der Waals surface area contributed by atoms with Crippen LogP contribution in [0.5, 0.6) is 0 Å². The van der Waals surface area contributed by atoms with Gasteiger partial charge in [0.1, 0.15) is 0 Å². The summed E-state index contributed by atoms with van der Waals surface area (Å²) >= 11 is 0. The van der Waals surface area contributed by atoms with E-state index in [4.69, 9.17) is 5.10 Å². The summed E-state index contributed by atoms with van der Waals surface area (Å²) in [6, 6.07) is 22.2. The van der Waals surface area contributed by atoms with Gasteiger partial charge in [-0.3, -0.25) is 14.9 Å². The number of carbonyl (C=O) groups is 1. The van der Waals surface area contributed by atoms with Crippen molar-refractivity contribution in [2.75, 3.05) is 38.0 Å². The zero-order valence-electron chi connectivity index (χ0n) is 22.7. The van der Waals surface area contributed by atoms with Crippen LogP contribution in [0.15, 0.2) is 83.5 Å². The molecular formula is C31H33N5O3. The van der Waals surface area contributed by atoms with E-state index in [0.717, 1.165) is 53.0 Å². The van der Waals surface area contributed by atoms with Crippen molar-refractivity contribution in [3.05, 3.63) is 105 Å². The summed E-state index contributed by atoms with van der Waals surface area (Å²) in [5.41, 5.74) is 6.78. The van der Waals surface area contributed by atoms with E-state index in [1.165, 1.54) is 24.3 Å². The molecule has 5 rings (SSSR count). The van der Waals surface area contributed by atoms with E-state index < -0.39 is 4.92 Å². The number of hydrogen-bond donors (Lipinski definition) is 0. The molecule has 0 radical (unpaired) electrons. The number of carbonyl (C=O) groups excluding carboxylic acids is 1. The Labute approximate surface area is 229 Å². The number of allylic oxidation sites excluding steroid dienone is 1. The van der Waals surface area contributed by atoms with Crippen molar-refractivity contribution >= 4 is 34.8 Å². The number of nitro groups is 1. The summed E-state index contributed by atoms with van der Waals surface area (Å²) < 4.78 is 0. The van der Waals surface area contributed by atoms with Gasteiger partial charge in [0.2, 0.25) is 0 Å². The van der Waals surface area contributed by atoms with Crippen LogP contribution in [0.25, 0.3) is 6.08 Å². The van der Waals surface area contributed by atoms with Crippen molar-refractivity contribution in [1.29, 1.82) is 0 Å². The van der Waals surface area contributed by atoms with Crippen LogP contribution in [-0.4, -0.2) is 49.7 Å². The Bertz CT molecular complexity index is 1420. The minimum atomic E-state index is -0.462. The predicted octanol–water partition coefficient (Wildman–Crippen LogP) is 6.16. The lowest BCUT2D eigenvalue weighted by atomic mass is 9.77. The number of hydrogen-bond acceptors (Lipinski definition) is 6. The Kier molecular flexibility index (Phi) is 7.19. The molecule has 0 unspecified atom stereocenters. The van der Waals surface area contributed by atoms with Crippen molar-refractivity contribution in [3.8, 4) is 0 Å². The highest BCUT2D eigenvalue weighted by Crippen LogP contribution is 2.45. The fraction of sp³-hybridized carbons (Fsp3) is 0.290. The fourth-order valence-corrected chi connectivity index (χ4v) is 5.40. The molecule has 0 aromatic heterocycles. The fourth-order valence-electron chi connectivity index (χ4n) is 5.40. The quantitative estimate of drug-likeness (QED) is 0.285. The maximum atomic E-state index is 13.8. The van der Waals surface area contributed by atoms with Gasteiger partial charge in [-0.25, -0.2) is 5.01 Å². The summed E-state index contributed by atoms with van der Waals surface area (Å²) in [5, 5.41) is 17.7. The second-order valence-electron chi connectivity index (χ2n) is 10.5. The Morgan fingerprint density at radius 3 is 2.08 bits per heavy atom. The standard InChI is InChI=1S/C31H33N5O3/c1-33(2)25-14-8-21(9-15-25)20-24-6-5-7-28-29(24)32-35(30(28)22-10-16-26(17-11-22)34(3)4)31(37)23-12-18-27(19-13-23)36(38)39/h8-20,28,30H,5-7H2,1-4H3/b24-20+/t28-,30+/m1/s1. The van der Waals surface area contributed by atoms with Gasteiger partial charge in [0.05, 0.1) is 16.7 Å². The van der Waals surface area contributed by atoms with Crippen molar-refractivity contribution in [3.63, 3.8) is 0 Å². The first-order valence-electron chi connectivity index (χ1n) is 13.1. The highest BCUT2D eigenvalue weighted by Gasteiger charge is 2.44. The molecule has 1 aliphatic heterocycles. The first-order chi connectivity index (χ1) is 18.7. The molecule has 1 amide bonds. The number of benzene rings is 3. The van der Waals surface area contributed by atoms with E-state index in [1.807, 2.05) is 33.1 Å². The summed E-state index contributed by atoms with van der Waals surface area (Å²) in [4.78, 5) is 28.6. The summed E-state index contributed by atoms with van der Waals surface area (Å²) in [7, 11) is 8.04. The van der Waals surface area contributed by atoms with E-state index in [0.29, 0.717) is 5.56 Å². The highest BCUT2D eigenvalue weighted by molar-refractivity contribution is 6.09. The predicted molar refractivity (Wildman–Crippen MR) is 156 cm³/mol. The molecule has 0 bridgehead atoms. The lowest BCUT2D eigenvalue weighted by Gasteiger charge is -2.30. The average molecular weight is 524 g/mol. The Hall–Kier alpha value is -4.46. The number of non-ortho nitro benzene ring substituents is 1. The van der Waals surface area contributed by atoms with E-state index in [1.54, 1.807) is 5.01 Å². The normalized spacial score (nSPS) is 19.4. The molecule has 0 saturated heterocycles. The lowest BCUT2D eigenvalue weighted by Crippen LogP contribution is -2.32. The van der Waals surface area contributed by atoms with Gasteiger partial charge in [0.25, 0.3) is 11.6 Å². The molecule has 8 heteroatoms. The summed E-state index contributed by atoms with van der Waals surface area (Å²) in [6.45, 7) is 0. The molecule has 1 aliphatic carbocycles. The van der Waals surface area contributed by atoms with Crippen LogP contribution in [0.1, 0.15) is 46.8 Å². The highest BCUT2D eigenvalue weighted by atomic mass is 16.6. The zero-order valence-corrected chi connectivity index (χ0v) is 22.7. The number of anilines is 2. The molecule has 0 N–H and O–H groups in total. The van der Waals surface area contributed by atoms with Gasteiger partial charge in [0.15, 0.2) is 0 Å². The van der Waals surface area contributed by atoms with Crippen LogP contribution in [-0.2, 0) is 0 Å². The van der Waals surface area contributed by atoms with Crippen molar-refractivity contribution in [2.24, 2.45) is 11.0 Å². The number of amides is 1. The molecule has 1 heterocycles. The number of fused-ring (bicyclic) bond motifs is 1. The monoisotopic (exact) mass is 523 g/mol. The molecule has 2 aliphatic rings. The van der Waals surface area contributed by atoms with Crippen LogP contribution in [0, 0.1) is 16.0 Å². The van der Waals surface area contributed by atoms with E-state index >= 15 is 0 Å². The molecule has 1 fully saturated rings. The van der Waals surface area contributed by atoms with E-state index in [2.05, 4.69) is 59.5 Å². The molecular weight excluding hydrogens is 490 g/mol. The maximum Gasteiger partial charge on any atom is 0.274 e. The third-order valence-electron chi connectivity index (χ3n) is 7.54. The van der Waals surface area contributed by atoms with Gasteiger partial charge in [-0.1, -0.05) is 24.3 Å². The number of nitro benzene ring substituents is 1. The van der Waals surface area contributed by atoms with Crippen LogP contribution >= 0.6 is 0 Å². The molecule has 200 valence electrons. The van der Waals surface area contributed by atoms with Crippen LogP contribution < -0.4 is 9.80 Å². The molecule has 2 atom stereocenters. The minimum Gasteiger partial charge on any atom is -0.378 e. The van der Waals surface area contributed by atoms with Gasteiger partial charge < -0.3 is 9.80 Å². The van der Waals surface area contributed by atoms with Gasteiger partial charge in [0, 0.05) is 63.2 Å². The minimum absolute atomic E-state index is 0.0470. The number of hydrazone groups is 1. The number of rotatable bonds is 6. The zero-order chi connectivity index (χ0) is 27.7. The largest absolute Gasteiger partial charge is 0.378 e. The topological polar surface area (TPSA) is 82.3 Å². The van der Waals surface area contributed by atoms with E-state index in [9.17, 15) is 14.9 Å². The summed E-state index contributed by atoms with van der Waals surface area (Å²) in [6.07, 6.45) is 5.03. The third-order valence-corrected chi connectivity index (χ3v) is 7.54. The number of nitrogens with zero attached hydrogens (tertiary/aromatic N) is 5. The molecule has 3 aromatic carbocycles. The smallest absolute Gasteiger partial charge is 0.274 e. The Balaban J connectivity index is 1.54. The van der Waals surface area contributed by atoms with Crippen LogP contribution in [0.3, 0.4) is 0 Å². The van der Waals surface area contributed by atoms with Gasteiger partial charge in [-0.15, -0.1) is 0 Å². The molecule has 1 saturated carbocycles. The van der Waals surface area contributed by atoms with Gasteiger partial charge in [-0.05, 0) is 78.4 Å². The van der Waals surface area contributed by atoms with Gasteiger partial charge in [-0.2, -0.15) is 5.10 Å². The van der Waals surface area contributed by atoms with Gasteiger partial charge >= 0.3 is 0 Å². The summed E-state index contributed by atoms with van der Waals surface area (Å²) in [5.74, 6) is -0.193. The van der Waals surface area contributed by atoms with Crippen molar-refractivity contribution in [2.45, 2.75) is 25.3 Å². The molecule has 8 nitrogen and oxygen atoms in total. The average Bonchev–Trinajstić information content (AvgIpc) is 3.33. The van der Waals surface area contributed by atoms with Crippen molar-refractivity contribution in [1.82, 2.24) is 5.01 Å². The molecule has 0 spiro atoms. The van der Waals surface area contributed by atoms with Crippen LogP contribution in [0.2, 0.25) is 0 Å². The molecule has 3 aromatic rings. The SMILES string of the molecule is CN(C)c1ccc(/C=C2\CCC[C@@H]3C2=NN(C(=O)c2ccc([N+](=O)[O-])cc2)[C@H]3c2ccc(N(C)C)cc2)cc1.